The Balaban J connectivity index is 1.68. The van der Waals surface area contributed by atoms with Gasteiger partial charge in [-0.1, -0.05) is 5.16 Å². The minimum Gasteiger partial charge on any atom is -0.494 e. The molecule has 0 radical (unpaired) electrons. The number of methoxy groups -OCH3 is 1. The van der Waals surface area contributed by atoms with Crippen LogP contribution in [0, 0.1) is 5.82 Å². The molecule has 3 heterocycles. The number of aromatic nitrogens is 3. The number of amidine groups is 1. The number of rotatable bonds is 4. The third-order valence-electron chi connectivity index (χ3n) is 5.45. The standard InChI is InChI=1S/C22H16F7N5O5/c1-20(7-16(21(24,25)26)37-19(32-20)34-39-18(35)22(27,28)29)12-5-10(3-4-13(12)23)15-6-14(33-38-15)17-30-8-11(36-2)9-31-17/h3-6,8-9,16H,7H2,1-2H3,(H,32,34)/t16-,20-/m0/s1. The molecule has 10 nitrogen and oxygen atoms in total. The molecule has 0 aliphatic carbocycles. The van der Waals surface area contributed by atoms with Crippen LogP contribution in [0.15, 0.2) is 46.2 Å². The summed E-state index contributed by atoms with van der Waals surface area (Å²) in [5.41, 5.74) is -0.751. The summed E-state index contributed by atoms with van der Waals surface area (Å²) in [4.78, 5) is 26.6. The van der Waals surface area contributed by atoms with Crippen molar-refractivity contribution in [2.24, 2.45) is 4.99 Å². The van der Waals surface area contributed by atoms with Crippen LogP contribution < -0.4 is 10.2 Å². The summed E-state index contributed by atoms with van der Waals surface area (Å²) in [7, 11) is 1.42. The molecule has 2 aromatic heterocycles. The van der Waals surface area contributed by atoms with Crippen molar-refractivity contribution in [1.29, 1.82) is 0 Å². The lowest BCUT2D eigenvalue weighted by Gasteiger charge is -2.36. The van der Waals surface area contributed by atoms with Crippen LogP contribution in [0.3, 0.4) is 0 Å². The monoisotopic (exact) mass is 563 g/mol. The second kappa shape index (κ2) is 10.0. The van der Waals surface area contributed by atoms with Crippen molar-refractivity contribution >= 4 is 12.0 Å². The molecular weight excluding hydrogens is 547 g/mol. The highest BCUT2D eigenvalue weighted by atomic mass is 19.4. The highest BCUT2D eigenvalue weighted by Crippen LogP contribution is 2.42. The predicted octanol–water partition coefficient (Wildman–Crippen LogP) is 4.48. The van der Waals surface area contributed by atoms with E-state index < -0.39 is 53.8 Å². The molecule has 2 atom stereocenters. The van der Waals surface area contributed by atoms with Crippen molar-refractivity contribution in [2.75, 3.05) is 7.11 Å². The molecule has 1 N–H and O–H groups in total. The minimum atomic E-state index is -5.46. The number of ether oxygens (including phenoxy) is 2. The van der Waals surface area contributed by atoms with Gasteiger partial charge in [0.2, 0.25) is 0 Å². The largest absolute Gasteiger partial charge is 0.494 e. The first-order chi connectivity index (χ1) is 18.2. The normalized spacial score (nSPS) is 19.6. The second-order valence-electron chi connectivity index (χ2n) is 8.25. The van der Waals surface area contributed by atoms with Gasteiger partial charge in [-0.3, -0.25) is 0 Å². The topological polar surface area (TPSA) is 121 Å². The maximum absolute atomic E-state index is 15.0. The molecule has 0 amide bonds. The number of nitrogens with one attached hydrogen (secondary N) is 1. The molecule has 0 saturated heterocycles. The molecule has 1 aliphatic rings. The Bertz CT molecular complexity index is 1390. The number of halogens is 7. The van der Waals surface area contributed by atoms with E-state index in [4.69, 9.17) is 9.26 Å². The lowest BCUT2D eigenvalue weighted by atomic mass is 9.84. The average Bonchev–Trinajstić information content (AvgIpc) is 3.36. The Morgan fingerprint density at radius 1 is 1.13 bits per heavy atom. The second-order valence-corrected chi connectivity index (χ2v) is 8.25. The van der Waals surface area contributed by atoms with Gasteiger partial charge in [0.1, 0.15) is 5.82 Å². The number of hydroxylamine groups is 1. The van der Waals surface area contributed by atoms with Crippen molar-refractivity contribution in [3.05, 3.63) is 48.0 Å². The molecule has 0 saturated carbocycles. The van der Waals surface area contributed by atoms with E-state index in [0.717, 1.165) is 19.1 Å². The van der Waals surface area contributed by atoms with Gasteiger partial charge in [-0.25, -0.2) is 24.1 Å². The molecule has 4 rings (SSSR count). The van der Waals surface area contributed by atoms with Gasteiger partial charge in [-0.15, -0.1) is 0 Å². The fraction of sp³-hybridized carbons (Fsp3) is 0.318. The van der Waals surface area contributed by atoms with Crippen molar-refractivity contribution in [3.63, 3.8) is 0 Å². The van der Waals surface area contributed by atoms with Crippen LogP contribution in [-0.2, 0) is 19.9 Å². The molecule has 0 bridgehead atoms. The van der Waals surface area contributed by atoms with E-state index in [2.05, 4.69) is 29.7 Å². The van der Waals surface area contributed by atoms with Gasteiger partial charge in [0, 0.05) is 23.6 Å². The minimum absolute atomic E-state index is 0.0649. The zero-order chi connectivity index (χ0) is 28.6. The van der Waals surface area contributed by atoms with Crippen LogP contribution >= 0.6 is 0 Å². The van der Waals surface area contributed by atoms with E-state index in [0.29, 0.717) is 5.75 Å². The van der Waals surface area contributed by atoms with Crippen LogP contribution in [0.1, 0.15) is 18.9 Å². The molecule has 0 unspecified atom stereocenters. The smallest absolute Gasteiger partial charge is 0.493 e. The molecule has 39 heavy (non-hydrogen) atoms. The number of benzene rings is 1. The molecular formula is C22H16F7N5O5. The highest BCUT2D eigenvalue weighted by molar-refractivity contribution is 5.80. The molecule has 208 valence electrons. The summed E-state index contributed by atoms with van der Waals surface area (Å²) in [5.74, 6) is -3.14. The molecule has 3 aromatic rings. The van der Waals surface area contributed by atoms with Crippen LogP contribution in [0.4, 0.5) is 30.7 Å². The number of carbonyl (C=O) groups excluding carboxylic acids is 1. The van der Waals surface area contributed by atoms with E-state index >= 15 is 0 Å². The van der Waals surface area contributed by atoms with Crippen molar-refractivity contribution in [3.8, 4) is 28.6 Å². The van der Waals surface area contributed by atoms with E-state index in [-0.39, 0.29) is 22.8 Å². The first-order valence-corrected chi connectivity index (χ1v) is 10.7. The van der Waals surface area contributed by atoms with Crippen molar-refractivity contribution in [1.82, 2.24) is 20.6 Å². The van der Waals surface area contributed by atoms with E-state index in [1.54, 1.807) is 0 Å². The average molecular weight is 563 g/mol. The number of carbonyl (C=O) groups is 1. The molecule has 0 spiro atoms. The van der Waals surface area contributed by atoms with Crippen LogP contribution in [0.25, 0.3) is 22.8 Å². The number of alkyl halides is 6. The fourth-order valence-electron chi connectivity index (χ4n) is 3.54. The third kappa shape index (κ3) is 6.01. The van der Waals surface area contributed by atoms with Crippen LogP contribution in [0.5, 0.6) is 5.75 Å². The predicted molar refractivity (Wildman–Crippen MR) is 115 cm³/mol. The maximum atomic E-state index is 15.0. The Hall–Kier alpha value is -4.44. The summed E-state index contributed by atoms with van der Waals surface area (Å²) in [6.07, 6.45) is -11.3. The van der Waals surface area contributed by atoms with E-state index in [9.17, 15) is 35.5 Å². The Morgan fingerprint density at radius 3 is 2.44 bits per heavy atom. The van der Waals surface area contributed by atoms with E-state index in [1.165, 1.54) is 37.1 Å². The van der Waals surface area contributed by atoms with Gasteiger partial charge in [0.05, 0.1) is 25.0 Å². The lowest BCUT2D eigenvalue weighted by Crippen LogP contribution is -2.48. The first-order valence-electron chi connectivity index (χ1n) is 10.7. The summed E-state index contributed by atoms with van der Waals surface area (Å²) in [5, 5.41) is 3.84. The van der Waals surface area contributed by atoms with E-state index in [1.807, 2.05) is 0 Å². The lowest BCUT2D eigenvalue weighted by molar-refractivity contribution is -0.215. The van der Waals surface area contributed by atoms with Crippen molar-refractivity contribution < 1.29 is 54.4 Å². The summed E-state index contributed by atoms with van der Waals surface area (Å²) < 4.78 is 108. The highest BCUT2D eigenvalue weighted by Gasteiger charge is 2.51. The van der Waals surface area contributed by atoms with Gasteiger partial charge in [-0.05, 0) is 25.1 Å². The quantitative estimate of drug-likeness (QED) is 0.362. The van der Waals surface area contributed by atoms with Crippen LogP contribution in [0.2, 0.25) is 0 Å². The first kappa shape index (κ1) is 27.6. The van der Waals surface area contributed by atoms with Gasteiger partial charge in [0.25, 0.3) is 0 Å². The van der Waals surface area contributed by atoms with Gasteiger partial charge in [-0.2, -0.15) is 31.8 Å². The third-order valence-corrected chi connectivity index (χ3v) is 5.45. The molecule has 0 fully saturated rings. The summed E-state index contributed by atoms with van der Waals surface area (Å²) >= 11 is 0. The molecule has 17 heteroatoms. The molecule has 1 aliphatic heterocycles. The van der Waals surface area contributed by atoms with Gasteiger partial charge in [0.15, 0.2) is 29.1 Å². The number of nitrogens with zero attached hydrogens (tertiary/aromatic N) is 4. The SMILES string of the molecule is COc1cnc(-c2cc(-c3ccc(F)c([C@]4(C)C[C@@H](C(F)(F)F)OC(NOC(=O)C(F)(F)F)=N4)c3)on2)nc1. The number of hydrogen-bond acceptors (Lipinski definition) is 10. The number of hydrogen-bond donors (Lipinski definition) is 1. The molecule has 1 aromatic carbocycles. The maximum Gasteiger partial charge on any atom is 0.493 e. The summed E-state index contributed by atoms with van der Waals surface area (Å²) in [6.45, 7) is 1.10. The Labute approximate surface area is 213 Å². The van der Waals surface area contributed by atoms with Gasteiger partial charge < -0.3 is 18.8 Å². The van der Waals surface area contributed by atoms with Gasteiger partial charge >= 0.3 is 24.3 Å². The zero-order valence-corrected chi connectivity index (χ0v) is 19.7. The zero-order valence-electron chi connectivity index (χ0n) is 19.7. The summed E-state index contributed by atoms with van der Waals surface area (Å²) in [6, 6.07) is 3.52. The van der Waals surface area contributed by atoms with Crippen molar-refractivity contribution in [2.45, 2.75) is 37.3 Å². The Morgan fingerprint density at radius 2 is 1.82 bits per heavy atom. The Kier molecular flexibility index (Phi) is 7.10. The number of aliphatic imine (C=N–C) groups is 1. The fourth-order valence-corrected chi connectivity index (χ4v) is 3.54. The van der Waals surface area contributed by atoms with Crippen LogP contribution in [-0.4, -0.2) is 52.7 Å².